The zero-order valence-corrected chi connectivity index (χ0v) is 17.8. The number of H-pyrrole nitrogens is 1. The maximum Gasteiger partial charge on any atom is 0.235 e. The van der Waals surface area contributed by atoms with Crippen LogP contribution in [0.25, 0.3) is 22.3 Å². The summed E-state index contributed by atoms with van der Waals surface area (Å²) in [6.45, 7) is 10.3. The van der Waals surface area contributed by atoms with Crippen LogP contribution in [-0.4, -0.2) is 68.9 Å². The van der Waals surface area contributed by atoms with Crippen LogP contribution in [0, 0.1) is 11.6 Å². The molecular formula is C22H27F2N5O2. The van der Waals surface area contributed by atoms with Crippen LogP contribution in [0.1, 0.15) is 19.5 Å². The summed E-state index contributed by atoms with van der Waals surface area (Å²) in [5.41, 5.74) is -0.493. The Morgan fingerprint density at radius 3 is 2.32 bits per heavy atom. The molecule has 1 aliphatic heterocycles. The lowest BCUT2D eigenvalue weighted by molar-refractivity contribution is 0.133. The van der Waals surface area contributed by atoms with Gasteiger partial charge in [0, 0.05) is 32.7 Å². The molecule has 0 amide bonds. The largest absolute Gasteiger partial charge is 0.503 e. The molecule has 0 radical (unpaired) electrons. The number of aromatic hydroxyl groups is 1. The maximum absolute atomic E-state index is 14.4. The number of hydrogen-bond donors (Lipinski definition) is 2. The fourth-order valence-corrected chi connectivity index (χ4v) is 4.18. The molecule has 3 aromatic rings. The molecule has 1 aliphatic rings. The van der Waals surface area contributed by atoms with Gasteiger partial charge < -0.3 is 15.0 Å². The topological polar surface area (TPSA) is 77.4 Å². The Balaban J connectivity index is 1.73. The van der Waals surface area contributed by atoms with Crippen molar-refractivity contribution in [3.63, 3.8) is 0 Å². The molecule has 1 saturated heterocycles. The quantitative estimate of drug-likeness (QED) is 0.627. The van der Waals surface area contributed by atoms with Gasteiger partial charge in [-0.3, -0.25) is 9.69 Å². The summed E-state index contributed by atoms with van der Waals surface area (Å²) in [5.74, 6) is -2.43. The average molecular weight is 431 g/mol. The second-order valence-corrected chi connectivity index (χ2v) is 7.80. The Morgan fingerprint density at radius 2 is 1.71 bits per heavy atom. The first-order valence-corrected chi connectivity index (χ1v) is 10.7. The van der Waals surface area contributed by atoms with Gasteiger partial charge in [0.15, 0.2) is 5.75 Å². The molecule has 0 bridgehead atoms. The lowest BCUT2D eigenvalue weighted by atomic mass is 10.1. The maximum atomic E-state index is 14.4. The van der Waals surface area contributed by atoms with Gasteiger partial charge >= 0.3 is 0 Å². The van der Waals surface area contributed by atoms with E-state index in [1.807, 2.05) is 6.92 Å². The summed E-state index contributed by atoms with van der Waals surface area (Å²) in [6.07, 6.45) is 0.495. The second-order valence-electron chi connectivity index (χ2n) is 7.80. The number of aromatic amines is 1. The second kappa shape index (κ2) is 8.76. The summed E-state index contributed by atoms with van der Waals surface area (Å²) in [5, 5.41) is 15.3. The molecule has 2 aromatic heterocycles. The summed E-state index contributed by atoms with van der Waals surface area (Å²) in [7, 11) is 0. The van der Waals surface area contributed by atoms with Gasteiger partial charge in [0.05, 0.1) is 28.9 Å². The van der Waals surface area contributed by atoms with Crippen molar-refractivity contribution in [2.24, 2.45) is 0 Å². The van der Waals surface area contributed by atoms with E-state index in [1.165, 1.54) is 6.07 Å². The van der Waals surface area contributed by atoms with Crippen molar-refractivity contribution in [1.82, 2.24) is 24.6 Å². The summed E-state index contributed by atoms with van der Waals surface area (Å²) in [4.78, 5) is 20.6. The van der Waals surface area contributed by atoms with E-state index in [2.05, 4.69) is 26.8 Å². The molecule has 0 saturated carbocycles. The highest BCUT2D eigenvalue weighted by molar-refractivity contribution is 5.84. The lowest BCUT2D eigenvalue weighted by Crippen LogP contribution is -2.46. The van der Waals surface area contributed by atoms with Gasteiger partial charge in [-0.1, -0.05) is 19.9 Å². The highest BCUT2D eigenvalue weighted by atomic mass is 19.1. The smallest absolute Gasteiger partial charge is 0.235 e. The van der Waals surface area contributed by atoms with Gasteiger partial charge in [-0.25, -0.2) is 13.5 Å². The number of aromatic nitrogens is 3. The van der Waals surface area contributed by atoms with E-state index in [1.54, 1.807) is 4.68 Å². The van der Waals surface area contributed by atoms with E-state index < -0.39 is 28.4 Å². The molecule has 3 heterocycles. The first-order valence-electron chi connectivity index (χ1n) is 10.7. The first kappa shape index (κ1) is 21.5. The van der Waals surface area contributed by atoms with E-state index >= 15 is 0 Å². The zero-order chi connectivity index (χ0) is 22.1. The standard InChI is InChI=1S/C22H27F2N5O2/c1-3-16-18-20(30)21(31)19(17-14(23)6-5-7-15(17)24)25-22(18)29(26-16)13-12-28-10-8-27(4-2)9-11-28/h5-7,31H,3-4,8-13H2,1-2H3,(H,25,30). The molecule has 0 unspecified atom stereocenters. The molecular weight excluding hydrogens is 404 g/mol. The summed E-state index contributed by atoms with van der Waals surface area (Å²) < 4.78 is 30.4. The van der Waals surface area contributed by atoms with E-state index in [-0.39, 0.29) is 11.1 Å². The monoisotopic (exact) mass is 431 g/mol. The van der Waals surface area contributed by atoms with Crippen LogP contribution in [0.2, 0.25) is 0 Å². The van der Waals surface area contributed by atoms with Crippen LogP contribution in [0.3, 0.4) is 0 Å². The number of halogens is 2. The number of pyridine rings is 1. The summed E-state index contributed by atoms with van der Waals surface area (Å²) in [6, 6.07) is 3.41. The van der Waals surface area contributed by atoms with Crippen molar-refractivity contribution in [3.8, 4) is 17.0 Å². The number of aryl methyl sites for hydroxylation is 1. The molecule has 2 N–H and O–H groups in total. The van der Waals surface area contributed by atoms with Gasteiger partial charge in [-0.05, 0) is 25.1 Å². The fourth-order valence-electron chi connectivity index (χ4n) is 4.18. The minimum absolute atomic E-state index is 0.260. The third-order valence-electron chi connectivity index (χ3n) is 6.04. The Bertz CT molecular complexity index is 1130. The number of rotatable bonds is 6. The zero-order valence-electron chi connectivity index (χ0n) is 17.8. The van der Waals surface area contributed by atoms with Crippen molar-refractivity contribution < 1.29 is 13.9 Å². The molecule has 7 nitrogen and oxygen atoms in total. The van der Waals surface area contributed by atoms with Crippen LogP contribution in [0.5, 0.6) is 5.75 Å². The van der Waals surface area contributed by atoms with Gasteiger partial charge in [-0.15, -0.1) is 0 Å². The molecule has 31 heavy (non-hydrogen) atoms. The minimum atomic E-state index is -0.860. The van der Waals surface area contributed by atoms with Crippen LogP contribution in [-0.2, 0) is 13.0 Å². The Hall–Kier alpha value is -2.78. The highest BCUT2D eigenvalue weighted by Crippen LogP contribution is 2.31. The van der Waals surface area contributed by atoms with E-state index in [0.29, 0.717) is 24.3 Å². The Labute approximate surface area is 178 Å². The molecule has 0 spiro atoms. The summed E-state index contributed by atoms with van der Waals surface area (Å²) >= 11 is 0. The van der Waals surface area contributed by atoms with E-state index in [4.69, 9.17) is 0 Å². The number of nitrogens with zero attached hydrogens (tertiary/aromatic N) is 4. The van der Waals surface area contributed by atoms with Crippen molar-refractivity contribution >= 4 is 11.0 Å². The van der Waals surface area contributed by atoms with Crippen molar-refractivity contribution in [3.05, 3.63) is 45.8 Å². The van der Waals surface area contributed by atoms with Crippen LogP contribution < -0.4 is 5.43 Å². The number of fused-ring (bicyclic) bond motifs is 1. The number of benzene rings is 1. The fraction of sp³-hybridized carbons (Fsp3) is 0.455. The van der Waals surface area contributed by atoms with Gasteiger partial charge in [0.1, 0.15) is 17.3 Å². The SMILES string of the molecule is CCc1nn(CCN2CCN(CC)CC2)c2[nH]c(-c3c(F)cccc3F)c(O)c(=O)c12. The number of hydrogen-bond acceptors (Lipinski definition) is 5. The van der Waals surface area contributed by atoms with Crippen LogP contribution >= 0.6 is 0 Å². The third kappa shape index (κ3) is 3.95. The number of nitrogens with one attached hydrogen (secondary N) is 1. The Morgan fingerprint density at radius 1 is 1.06 bits per heavy atom. The number of likely N-dealkylation sites (N-methyl/N-ethyl adjacent to an activating group) is 1. The van der Waals surface area contributed by atoms with E-state index in [9.17, 15) is 18.7 Å². The molecule has 1 aromatic carbocycles. The van der Waals surface area contributed by atoms with Gasteiger partial charge in [0.2, 0.25) is 5.43 Å². The van der Waals surface area contributed by atoms with Gasteiger partial charge in [0.25, 0.3) is 0 Å². The first-order chi connectivity index (χ1) is 14.9. The molecule has 0 atom stereocenters. The van der Waals surface area contributed by atoms with Gasteiger partial charge in [-0.2, -0.15) is 5.10 Å². The molecule has 9 heteroatoms. The van der Waals surface area contributed by atoms with Crippen LogP contribution in [0.15, 0.2) is 23.0 Å². The number of piperazine rings is 1. The normalized spacial score (nSPS) is 15.7. The highest BCUT2D eigenvalue weighted by Gasteiger charge is 2.24. The molecule has 166 valence electrons. The van der Waals surface area contributed by atoms with Crippen molar-refractivity contribution in [2.75, 3.05) is 39.3 Å². The minimum Gasteiger partial charge on any atom is -0.503 e. The van der Waals surface area contributed by atoms with Crippen molar-refractivity contribution in [1.29, 1.82) is 0 Å². The predicted molar refractivity (Wildman–Crippen MR) is 115 cm³/mol. The molecule has 1 fully saturated rings. The molecule has 0 aliphatic carbocycles. The molecule has 4 rings (SSSR count). The predicted octanol–water partition coefficient (Wildman–Crippen LogP) is 2.58. The van der Waals surface area contributed by atoms with E-state index in [0.717, 1.165) is 51.4 Å². The Kier molecular flexibility index (Phi) is 6.06. The third-order valence-corrected chi connectivity index (χ3v) is 6.04. The lowest BCUT2D eigenvalue weighted by Gasteiger charge is -2.33. The van der Waals surface area contributed by atoms with Crippen LogP contribution in [0.4, 0.5) is 8.78 Å². The van der Waals surface area contributed by atoms with Crippen molar-refractivity contribution in [2.45, 2.75) is 26.8 Å². The average Bonchev–Trinajstić information content (AvgIpc) is 3.13.